The lowest BCUT2D eigenvalue weighted by molar-refractivity contribution is -0.115. The lowest BCUT2D eigenvalue weighted by atomic mass is 10.2. The number of benzene rings is 1. The van der Waals surface area contributed by atoms with Crippen LogP contribution in [0.4, 0.5) is 9.52 Å². The lowest BCUT2D eigenvalue weighted by Crippen LogP contribution is -2.30. The smallest absolute Gasteiger partial charge is 0.240 e. The first kappa shape index (κ1) is 18.5. The van der Waals surface area contributed by atoms with Gasteiger partial charge in [0.2, 0.25) is 5.91 Å². The Hall–Kier alpha value is -1.54. The maximum atomic E-state index is 13.2. The molecule has 0 radical (unpaired) electrons. The normalized spacial score (nSPS) is 10.1. The van der Waals surface area contributed by atoms with E-state index in [-0.39, 0.29) is 30.7 Å². The molecule has 0 aliphatic carbocycles. The number of methoxy groups -OCH3 is 1. The van der Waals surface area contributed by atoms with Gasteiger partial charge in [0.1, 0.15) is 5.82 Å². The Morgan fingerprint density at radius 3 is 3.00 bits per heavy atom. The third kappa shape index (κ3) is 5.69. The topological polar surface area (TPSA) is 63.2 Å². The molecule has 1 heterocycles. The van der Waals surface area contributed by atoms with E-state index in [4.69, 9.17) is 4.74 Å². The number of amides is 1. The van der Waals surface area contributed by atoms with Gasteiger partial charge in [-0.05, 0) is 12.1 Å². The van der Waals surface area contributed by atoms with Gasteiger partial charge in [0.05, 0.1) is 18.8 Å². The molecule has 1 aromatic carbocycles. The summed E-state index contributed by atoms with van der Waals surface area (Å²) in [4.78, 5) is 15.9. The van der Waals surface area contributed by atoms with E-state index in [1.165, 1.54) is 23.5 Å². The number of ether oxygens (including phenoxy) is 1. The molecule has 2 N–H and O–H groups in total. The van der Waals surface area contributed by atoms with Crippen LogP contribution >= 0.6 is 23.7 Å². The summed E-state index contributed by atoms with van der Waals surface area (Å²) < 4.78 is 18.0. The van der Waals surface area contributed by atoms with Crippen LogP contribution < -0.4 is 10.6 Å². The van der Waals surface area contributed by atoms with E-state index in [9.17, 15) is 9.18 Å². The molecule has 120 valence electrons. The third-order valence-corrected chi connectivity index (χ3v) is 3.40. The highest BCUT2D eigenvalue weighted by Gasteiger charge is 2.08. The minimum atomic E-state index is -0.312. The molecule has 5 nitrogen and oxygen atoms in total. The van der Waals surface area contributed by atoms with Gasteiger partial charge < -0.3 is 15.4 Å². The van der Waals surface area contributed by atoms with Gasteiger partial charge in [0.15, 0.2) is 5.13 Å². The van der Waals surface area contributed by atoms with Crippen LogP contribution in [0.2, 0.25) is 0 Å². The maximum Gasteiger partial charge on any atom is 0.240 e. The predicted octanol–water partition coefficient (Wildman–Crippen LogP) is 2.55. The van der Waals surface area contributed by atoms with E-state index < -0.39 is 0 Å². The molecule has 2 aromatic rings. The Bertz CT molecular complexity index is 609. The zero-order valence-corrected chi connectivity index (χ0v) is 13.6. The second kappa shape index (κ2) is 9.47. The molecule has 1 amide bonds. The number of carbonyl (C=O) groups is 1. The number of halogens is 2. The number of thiazole rings is 1. The summed E-state index contributed by atoms with van der Waals surface area (Å²) in [6.07, 6.45) is 0. The predicted molar refractivity (Wildman–Crippen MR) is 88.1 cm³/mol. The van der Waals surface area contributed by atoms with E-state index in [1.807, 2.05) is 0 Å². The third-order valence-electron chi connectivity index (χ3n) is 2.64. The standard InChI is InChI=1S/C14H16FN3O2S.ClH/c1-20-6-5-16-8-13(19)18-14-17-12(9-21-14)10-3-2-4-11(15)7-10;/h2-4,7,9,16H,5-6,8H2,1H3,(H,17,18,19);1H. The van der Waals surface area contributed by atoms with Crippen molar-refractivity contribution in [2.75, 3.05) is 32.1 Å². The quantitative estimate of drug-likeness (QED) is 0.757. The van der Waals surface area contributed by atoms with Crippen LogP contribution in [0.1, 0.15) is 0 Å². The molecule has 0 bridgehead atoms. The fourth-order valence-corrected chi connectivity index (χ4v) is 2.39. The average molecular weight is 346 g/mol. The van der Waals surface area contributed by atoms with Gasteiger partial charge in [-0.3, -0.25) is 4.79 Å². The van der Waals surface area contributed by atoms with Gasteiger partial charge in [-0.15, -0.1) is 23.7 Å². The zero-order valence-electron chi connectivity index (χ0n) is 12.0. The number of nitrogens with zero attached hydrogens (tertiary/aromatic N) is 1. The monoisotopic (exact) mass is 345 g/mol. The summed E-state index contributed by atoms with van der Waals surface area (Å²) >= 11 is 1.30. The van der Waals surface area contributed by atoms with Crippen molar-refractivity contribution >= 4 is 34.8 Å². The highest BCUT2D eigenvalue weighted by molar-refractivity contribution is 7.14. The van der Waals surface area contributed by atoms with Crippen molar-refractivity contribution < 1.29 is 13.9 Å². The Labute approximate surface area is 138 Å². The first-order valence-corrected chi connectivity index (χ1v) is 7.28. The number of hydrogen-bond donors (Lipinski definition) is 2. The molecule has 2 rings (SSSR count). The fraction of sp³-hybridized carbons (Fsp3) is 0.286. The number of aromatic nitrogens is 1. The molecule has 8 heteroatoms. The summed E-state index contributed by atoms with van der Waals surface area (Å²) in [5.74, 6) is -0.486. The zero-order chi connectivity index (χ0) is 15.1. The van der Waals surface area contributed by atoms with Crippen molar-refractivity contribution in [3.8, 4) is 11.3 Å². The second-order valence-electron chi connectivity index (χ2n) is 4.27. The first-order valence-electron chi connectivity index (χ1n) is 6.40. The van der Waals surface area contributed by atoms with Crippen molar-refractivity contribution in [2.45, 2.75) is 0 Å². The minimum Gasteiger partial charge on any atom is -0.383 e. The van der Waals surface area contributed by atoms with Crippen molar-refractivity contribution in [1.29, 1.82) is 0 Å². The molecule has 0 atom stereocenters. The first-order chi connectivity index (χ1) is 10.2. The van der Waals surface area contributed by atoms with Crippen molar-refractivity contribution in [3.05, 3.63) is 35.5 Å². The number of anilines is 1. The average Bonchev–Trinajstić information content (AvgIpc) is 2.92. The van der Waals surface area contributed by atoms with E-state index in [0.717, 1.165) is 0 Å². The highest BCUT2D eigenvalue weighted by atomic mass is 35.5. The van der Waals surface area contributed by atoms with Crippen LogP contribution in [0.25, 0.3) is 11.3 Å². The summed E-state index contributed by atoms with van der Waals surface area (Å²) in [5.41, 5.74) is 1.33. The van der Waals surface area contributed by atoms with Gasteiger partial charge in [-0.25, -0.2) is 9.37 Å². The van der Waals surface area contributed by atoms with E-state index >= 15 is 0 Å². The van der Waals surface area contributed by atoms with Crippen molar-refractivity contribution in [1.82, 2.24) is 10.3 Å². The Morgan fingerprint density at radius 1 is 1.45 bits per heavy atom. The van der Waals surface area contributed by atoms with Gasteiger partial charge in [-0.1, -0.05) is 12.1 Å². The van der Waals surface area contributed by atoms with Crippen LogP contribution in [0.5, 0.6) is 0 Å². The number of carbonyl (C=O) groups excluding carboxylic acids is 1. The van der Waals surface area contributed by atoms with Gasteiger partial charge in [-0.2, -0.15) is 0 Å². The summed E-state index contributed by atoms with van der Waals surface area (Å²) in [5, 5.41) is 7.91. The van der Waals surface area contributed by atoms with Crippen LogP contribution in [-0.4, -0.2) is 37.7 Å². The van der Waals surface area contributed by atoms with Gasteiger partial charge >= 0.3 is 0 Å². The Kier molecular flexibility index (Phi) is 7.97. The minimum absolute atomic E-state index is 0. The van der Waals surface area contributed by atoms with Crippen LogP contribution in [0.15, 0.2) is 29.6 Å². The van der Waals surface area contributed by atoms with Crippen molar-refractivity contribution in [2.24, 2.45) is 0 Å². The van der Waals surface area contributed by atoms with Gasteiger partial charge in [0.25, 0.3) is 0 Å². The molecule has 1 aromatic heterocycles. The number of nitrogens with one attached hydrogen (secondary N) is 2. The maximum absolute atomic E-state index is 13.2. The lowest BCUT2D eigenvalue weighted by Gasteiger charge is -2.03. The summed E-state index contributed by atoms with van der Waals surface area (Å²) in [7, 11) is 1.60. The van der Waals surface area contributed by atoms with E-state index in [0.29, 0.717) is 29.5 Å². The molecule has 0 aliphatic heterocycles. The molecule has 0 unspecified atom stereocenters. The Morgan fingerprint density at radius 2 is 2.27 bits per heavy atom. The molecule has 0 fully saturated rings. The molecule has 0 aliphatic rings. The van der Waals surface area contributed by atoms with Crippen LogP contribution in [-0.2, 0) is 9.53 Å². The highest BCUT2D eigenvalue weighted by Crippen LogP contribution is 2.25. The summed E-state index contributed by atoms with van der Waals surface area (Å²) in [6.45, 7) is 1.35. The SMILES string of the molecule is COCCNCC(=O)Nc1nc(-c2cccc(F)c2)cs1.Cl. The van der Waals surface area contributed by atoms with E-state index in [2.05, 4.69) is 15.6 Å². The van der Waals surface area contributed by atoms with Crippen molar-refractivity contribution in [3.63, 3.8) is 0 Å². The number of hydrogen-bond acceptors (Lipinski definition) is 5. The molecular formula is C14H17ClFN3O2S. The molecule has 22 heavy (non-hydrogen) atoms. The molecule has 0 saturated carbocycles. The number of rotatable bonds is 7. The Balaban J connectivity index is 0.00000242. The van der Waals surface area contributed by atoms with Crippen LogP contribution in [0, 0.1) is 5.82 Å². The molecular weight excluding hydrogens is 329 g/mol. The van der Waals surface area contributed by atoms with Gasteiger partial charge in [0, 0.05) is 24.6 Å². The second-order valence-corrected chi connectivity index (χ2v) is 5.12. The van der Waals surface area contributed by atoms with Crippen LogP contribution in [0.3, 0.4) is 0 Å². The largest absolute Gasteiger partial charge is 0.383 e. The fourth-order valence-electron chi connectivity index (χ4n) is 1.65. The molecule has 0 saturated heterocycles. The summed E-state index contributed by atoms with van der Waals surface area (Å²) in [6, 6.07) is 6.19. The molecule has 0 spiro atoms. The van der Waals surface area contributed by atoms with E-state index in [1.54, 1.807) is 24.6 Å².